The minimum Gasteiger partial charge on any atom is -0.322 e. The predicted molar refractivity (Wildman–Crippen MR) is 194 cm³/mol. The Hall–Kier alpha value is -5.24. The molecule has 0 saturated heterocycles. The monoisotopic (exact) mass is 786 g/mol. The van der Waals surface area contributed by atoms with E-state index in [-0.39, 0.29) is 60.5 Å². The average Bonchev–Trinajstić information content (AvgIpc) is 3.07. The second kappa shape index (κ2) is 15.2. The number of rotatable bonds is 14. The van der Waals surface area contributed by atoms with E-state index in [1.165, 1.54) is 72.8 Å². The number of hydrogen-bond donors (Lipinski definition) is 4. The van der Waals surface area contributed by atoms with Gasteiger partial charge in [0.25, 0.3) is 32.1 Å². The zero-order chi connectivity index (χ0) is 38.6. The summed E-state index contributed by atoms with van der Waals surface area (Å²) in [5, 5.41) is 4.86. The van der Waals surface area contributed by atoms with Crippen LogP contribution in [0.4, 0.5) is 11.4 Å². The van der Waals surface area contributed by atoms with Crippen LogP contribution in [-0.2, 0) is 39.9 Å². The average molecular weight is 787 g/mol. The molecule has 0 fully saturated rings. The first-order chi connectivity index (χ1) is 24.2. The molecule has 0 saturated carbocycles. The molecule has 0 aliphatic carbocycles. The van der Waals surface area contributed by atoms with Crippen molar-refractivity contribution in [2.45, 2.75) is 19.6 Å². The molecule has 52 heavy (non-hydrogen) atoms. The minimum absolute atomic E-state index is 0.0119. The van der Waals surface area contributed by atoms with Crippen molar-refractivity contribution in [3.63, 3.8) is 0 Å². The fraction of sp³-hybridized carbons (Fsp3) is 0.0588. The van der Waals surface area contributed by atoms with E-state index in [0.717, 1.165) is 24.3 Å². The maximum absolute atomic E-state index is 12.9. The summed E-state index contributed by atoms with van der Waals surface area (Å²) in [4.78, 5) is 24.1. The van der Waals surface area contributed by atoms with E-state index in [4.69, 9.17) is 0 Å². The van der Waals surface area contributed by atoms with Crippen LogP contribution in [0, 0.1) is 0 Å². The van der Waals surface area contributed by atoms with Gasteiger partial charge in [0.2, 0.25) is 0 Å². The normalized spacial score (nSPS) is 12.0. The number of carbonyl (C=O) groups excluding carboxylic acids is 2. The molecule has 0 bridgehead atoms. The number of sulfone groups is 2. The van der Waals surface area contributed by atoms with Crippen LogP contribution < -0.4 is 10.6 Å². The summed E-state index contributed by atoms with van der Waals surface area (Å²) in [7, 11) is -17.4. The third-order valence-corrected chi connectivity index (χ3v) is 12.4. The first kappa shape index (κ1) is 39.5. The highest BCUT2D eigenvalue weighted by Crippen LogP contribution is 2.34. The fourth-order valence-electron chi connectivity index (χ4n) is 4.81. The van der Waals surface area contributed by atoms with E-state index >= 15 is 0 Å². The molecular formula is C34H30N2O12S4. The van der Waals surface area contributed by atoms with Gasteiger partial charge in [-0.25, -0.2) is 16.8 Å². The SMILES string of the molecule is C=CCS(=O)(=O)c1ccc(C(=O)Nc2ccc(C(=C)c3ccc(NC(=O)c4ccc(S(=O)(=O)CC=C)cc4)cc3S(=O)(=O)O)c(S(=O)(=O)O)c2)cc1. The maximum Gasteiger partial charge on any atom is 0.295 e. The lowest BCUT2D eigenvalue weighted by molar-refractivity contribution is 0.101. The molecule has 2 amide bonds. The van der Waals surface area contributed by atoms with Crippen molar-refractivity contribution in [2.75, 3.05) is 22.1 Å². The van der Waals surface area contributed by atoms with Crippen LogP contribution in [0.15, 0.2) is 136 Å². The van der Waals surface area contributed by atoms with Crippen molar-refractivity contribution in [3.8, 4) is 0 Å². The summed E-state index contributed by atoms with van der Waals surface area (Å²) >= 11 is 0. The Labute approximate surface area is 300 Å². The van der Waals surface area contributed by atoms with Gasteiger partial charge in [0.15, 0.2) is 19.7 Å². The second-order valence-electron chi connectivity index (χ2n) is 10.9. The molecule has 0 unspecified atom stereocenters. The lowest BCUT2D eigenvalue weighted by atomic mass is 9.98. The van der Waals surface area contributed by atoms with Crippen LogP contribution in [0.2, 0.25) is 0 Å². The molecule has 0 aliphatic rings. The molecule has 4 aromatic rings. The zero-order valence-electron chi connectivity index (χ0n) is 26.9. The number of anilines is 2. The van der Waals surface area contributed by atoms with Crippen LogP contribution in [0.1, 0.15) is 31.8 Å². The lowest BCUT2D eigenvalue weighted by Crippen LogP contribution is -2.14. The van der Waals surface area contributed by atoms with Crippen molar-refractivity contribution in [2.24, 2.45) is 0 Å². The van der Waals surface area contributed by atoms with E-state index in [9.17, 15) is 52.4 Å². The van der Waals surface area contributed by atoms with Crippen LogP contribution in [-0.4, -0.2) is 66.1 Å². The minimum atomic E-state index is -5.05. The van der Waals surface area contributed by atoms with Gasteiger partial charge >= 0.3 is 0 Å². The van der Waals surface area contributed by atoms with Gasteiger partial charge in [-0.05, 0) is 78.4 Å². The highest BCUT2D eigenvalue weighted by Gasteiger charge is 2.25. The van der Waals surface area contributed by atoms with E-state index in [0.29, 0.717) is 0 Å². The molecule has 0 aliphatic heterocycles. The number of nitrogens with one attached hydrogen (secondary N) is 2. The summed E-state index contributed by atoms with van der Waals surface area (Å²) in [6.07, 6.45) is 2.43. The van der Waals surface area contributed by atoms with E-state index in [1.807, 2.05) is 0 Å². The van der Waals surface area contributed by atoms with Gasteiger partial charge in [0, 0.05) is 33.6 Å². The van der Waals surface area contributed by atoms with Gasteiger partial charge in [-0.3, -0.25) is 18.7 Å². The highest BCUT2D eigenvalue weighted by atomic mass is 32.2. The van der Waals surface area contributed by atoms with E-state index in [2.05, 4.69) is 30.4 Å². The maximum atomic E-state index is 12.9. The van der Waals surface area contributed by atoms with Crippen molar-refractivity contribution < 1.29 is 52.4 Å². The molecule has 14 nitrogen and oxygen atoms in total. The third kappa shape index (κ3) is 9.15. The van der Waals surface area contributed by atoms with E-state index in [1.54, 1.807) is 0 Å². The number of amides is 2. The number of benzene rings is 4. The predicted octanol–water partition coefficient (Wildman–Crippen LogP) is 4.67. The number of carbonyl (C=O) groups is 2. The van der Waals surface area contributed by atoms with Crippen molar-refractivity contribution in [3.05, 3.63) is 139 Å². The zero-order valence-corrected chi connectivity index (χ0v) is 30.1. The Balaban J connectivity index is 1.63. The summed E-state index contributed by atoms with van der Waals surface area (Å²) in [6.45, 7) is 10.6. The van der Waals surface area contributed by atoms with Gasteiger partial charge in [-0.1, -0.05) is 30.9 Å². The van der Waals surface area contributed by atoms with Crippen LogP contribution in [0.3, 0.4) is 0 Å². The van der Waals surface area contributed by atoms with Gasteiger partial charge in [0.05, 0.1) is 21.3 Å². The Morgan fingerprint density at radius 2 is 0.885 bits per heavy atom. The smallest absolute Gasteiger partial charge is 0.295 e. The molecule has 272 valence electrons. The molecule has 0 radical (unpaired) electrons. The van der Waals surface area contributed by atoms with Gasteiger partial charge < -0.3 is 10.6 Å². The van der Waals surface area contributed by atoms with Crippen molar-refractivity contribution in [1.82, 2.24) is 0 Å². The lowest BCUT2D eigenvalue weighted by Gasteiger charge is -2.16. The highest BCUT2D eigenvalue weighted by molar-refractivity contribution is 7.91. The Morgan fingerprint density at radius 1 is 0.558 bits per heavy atom. The van der Waals surface area contributed by atoms with E-state index < -0.39 is 61.5 Å². The summed E-state index contributed by atoms with van der Waals surface area (Å²) in [6, 6.07) is 16.3. The molecule has 4 rings (SSSR count). The standard InChI is InChI=1S/C34H30N2O12S4/c1-4-18-49(39,40)27-12-6-23(7-13-27)33(37)35-25-10-16-29(31(20-25)51(43,44)45)22(3)30-17-11-26(21-32(30)52(46,47)48)36-34(38)24-8-14-28(15-9-24)50(41,42)19-5-2/h4-17,20-21H,1-3,18-19H2,(H,35,37)(H,36,38)(H,43,44,45)(H,46,47,48). The van der Waals surface area contributed by atoms with Gasteiger partial charge in [0.1, 0.15) is 9.79 Å². The Kier molecular flexibility index (Phi) is 11.5. The molecule has 0 atom stereocenters. The van der Waals surface area contributed by atoms with Crippen LogP contribution in [0.25, 0.3) is 5.57 Å². The largest absolute Gasteiger partial charge is 0.322 e. The Bertz CT molecular complexity index is 2380. The van der Waals surface area contributed by atoms with Gasteiger partial charge in [-0.15, -0.1) is 13.2 Å². The Morgan fingerprint density at radius 3 is 1.17 bits per heavy atom. The molecule has 0 heterocycles. The topological polar surface area (TPSA) is 235 Å². The quantitative estimate of drug-likeness (QED) is 0.101. The van der Waals surface area contributed by atoms with Crippen LogP contribution >= 0.6 is 0 Å². The molecular weight excluding hydrogens is 757 g/mol. The third-order valence-electron chi connectivity index (χ3n) is 7.31. The molecule has 4 aromatic carbocycles. The summed E-state index contributed by atoms with van der Waals surface area (Å²) in [5.74, 6) is -2.16. The summed E-state index contributed by atoms with van der Waals surface area (Å²) in [5.41, 5.74) is -1.16. The number of hydrogen-bond acceptors (Lipinski definition) is 10. The first-order valence-corrected chi connectivity index (χ1v) is 20.8. The second-order valence-corrected chi connectivity index (χ2v) is 17.8. The van der Waals surface area contributed by atoms with Crippen molar-refractivity contribution in [1.29, 1.82) is 0 Å². The molecule has 0 aromatic heterocycles. The first-order valence-electron chi connectivity index (χ1n) is 14.6. The van der Waals surface area contributed by atoms with Crippen LogP contribution in [0.5, 0.6) is 0 Å². The van der Waals surface area contributed by atoms with Gasteiger partial charge in [-0.2, -0.15) is 16.8 Å². The molecule has 18 heteroatoms. The fourth-order valence-corrected chi connectivity index (χ4v) is 8.40. The molecule has 4 N–H and O–H groups in total. The molecule has 0 spiro atoms. The summed E-state index contributed by atoms with van der Waals surface area (Å²) < 4.78 is 119. The van der Waals surface area contributed by atoms with Crippen molar-refractivity contribution >= 4 is 68.7 Å².